The lowest BCUT2D eigenvalue weighted by atomic mass is 10.0. The normalized spacial score (nSPS) is 27.2. The van der Waals surface area contributed by atoms with Gasteiger partial charge in [-0.05, 0) is 12.3 Å². The smallest absolute Gasteiger partial charge is 0.249 e. The fourth-order valence-corrected chi connectivity index (χ4v) is 1.38. The molecule has 1 aliphatic rings. The molecule has 0 radical (unpaired) electrons. The average Bonchev–Trinajstić information content (AvgIpc) is 2.47. The Kier molecular flexibility index (Phi) is 3.75. The molecule has 2 atom stereocenters. The van der Waals surface area contributed by atoms with E-state index >= 15 is 0 Å². The minimum Gasteiger partial charge on any atom is -0.368 e. The van der Waals surface area contributed by atoms with E-state index < -0.39 is 0 Å². The van der Waals surface area contributed by atoms with Crippen molar-refractivity contribution < 1.29 is 9.53 Å². The van der Waals surface area contributed by atoms with Gasteiger partial charge in [0.15, 0.2) is 0 Å². The summed E-state index contributed by atoms with van der Waals surface area (Å²) in [6.45, 7) is 6.47. The largest absolute Gasteiger partial charge is 0.368 e. The van der Waals surface area contributed by atoms with E-state index in [0.717, 1.165) is 6.42 Å². The summed E-state index contributed by atoms with van der Waals surface area (Å²) in [5, 5.41) is 3.09. The zero-order valence-electron chi connectivity index (χ0n) is 7.68. The van der Waals surface area contributed by atoms with Crippen molar-refractivity contribution in [2.24, 2.45) is 5.92 Å². The summed E-state index contributed by atoms with van der Waals surface area (Å²) in [6, 6.07) is 0. The molecule has 0 saturated carbocycles. The number of ether oxygens (including phenoxy) is 1. The van der Waals surface area contributed by atoms with Crippen LogP contribution in [0.3, 0.4) is 0 Å². The second-order valence-corrected chi connectivity index (χ2v) is 3.83. The molecule has 0 aliphatic carbocycles. The first kappa shape index (κ1) is 10.5. The highest BCUT2D eigenvalue weighted by molar-refractivity contribution is 6.29. The molecule has 1 fully saturated rings. The molecular formula is C9H14ClNO2. The minimum atomic E-state index is -0.309. The van der Waals surface area contributed by atoms with Crippen LogP contribution < -0.4 is 5.32 Å². The molecular weight excluding hydrogens is 190 g/mol. The highest BCUT2D eigenvalue weighted by Gasteiger charge is 2.30. The second-order valence-electron chi connectivity index (χ2n) is 3.29. The Bertz CT molecular complexity index is 218. The Hall–Kier alpha value is -0.540. The summed E-state index contributed by atoms with van der Waals surface area (Å²) in [4.78, 5) is 11.4. The van der Waals surface area contributed by atoms with Gasteiger partial charge in [-0.15, -0.1) is 0 Å². The van der Waals surface area contributed by atoms with Crippen molar-refractivity contribution in [3.8, 4) is 0 Å². The molecule has 1 amide bonds. The third kappa shape index (κ3) is 3.01. The summed E-state index contributed by atoms with van der Waals surface area (Å²) in [6.07, 6.45) is 0.635. The summed E-state index contributed by atoms with van der Waals surface area (Å²) in [5.74, 6) is 0.204. The van der Waals surface area contributed by atoms with Crippen LogP contribution in [0, 0.1) is 5.92 Å². The summed E-state index contributed by atoms with van der Waals surface area (Å²) < 4.78 is 5.27. The zero-order valence-corrected chi connectivity index (χ0v) is 8.43. The van der Waals surface area contributed by atoms with Gasteiger partial charge in [0, 0.05) is 11.6 Å². The number of carbonyl (C=O) groups is 1. The first-order valence-electron chi connectivity index (χ1n) is 4.34. The fraction of sp³-hybridized carbons (Fsp3) is 0.667. The molecule has 3 nitrogen and oxygen atoms in total. The van der Waals surface area contributed by atoms with Crippen LogP contribution in [0.5, 0.6) is 0 Å². The van der Waals surface area contributed by atoms with Gasteiger partial charge in [-0.1, -0.05) is 25.1 Å². The molecule has 0 aromatic carbocycles. The van der Waals surface area contributed by atoms with E-state index in [1.807, 2.05) is 6.92 Å². The molecule has 0 aromatic heterocycles. The number of amides is 1. The maximum Gasteiger partial charge on any atom is 0.249 e. The first-order valence-corrected chi connectivity index (χ1v) is 4.71. The van der Waals surface area contributed by atoms with E-state index in [2.05, 4.69) is 11.9 Å². The third-order valence-electron chi connectivity index (χ3n) is 2.10. The Morgan fingerprint density at radius 1 is 1.77 bits per heavy atom. The molecule has 1 N–H and O–H groups in total. The number of halogens is 1. The molecule has 13 heavy (non-hydrogen) atoms. The highest BCUT2D eigenvalue weighted by atomic mass is 35.5. The quantitative estimate of drug-likeness (QED) is 0.751. The van der Waals surface area contributed by atoms with Crippen LogP contribution >= 0.6 is 11.6 Å². The number of rotatable bonds is 3. The first-order chi connectivity index (χ1) is 6.11. The van der Waals surface area contributed by atoms with Crippen molar-refractivity contribution in [3.63, 3.8) is 0 Å². The summed E-state index contributed by atoms with van der Waals surface area (Å²) in [7, 11) is 0. The SMILES string of the molecule is C=C(Cl)CNC(=O)C1OCCC1C. The molecule has 0 spiro atoms. The lowest BCUT2D eigenvalue weighted by Crippen LogP contribution is -2.37. The van der Waals surface area contributed by atoms with E-state index in [1.54, 1.807) is 0 Å². The monoisotopic (exact) mass is 203 g/mol. The number of carbonyl (C=O) groups excluding carboxylic acids is 1. The van der Waals surface area contributed by atoms with Crippen LogP contribution in [0.25, 0.3) is 0 Å². The van der Waals surface area contributed by atoms with Crippen LogP contribution in [-0.4, -0.2) is 25.2 Å². The molecule has 1 saturated heterocycles. The van der Waals surface area contributed by atoms with Gasteiger partial charge in [-0.3, -0.25) is 4.79 Å². The molecule has 0 aromatic rings. The molecule has 2 unspecified atom stereocenters. The van der Waals surface area contributed by atoms with E-state index in [-0.39, 0.29) is 12.0 Å². The van der Waals surface area contributed by atoms with Crippen LogP contribution in [0.2, 0.25) is 0 Å². The lowest BCUT2D eigenvalue weighted by Gasteiger charge is -2.13. The fourth-order valence-electron chi connectivity index (χ4n) is 1.31. The average molecular weight is 204 g/mol. The van der Waals surface area contributed by atoms with Crippen LogP contribution in [-0.2, 0) is 9.53 Å². The van der Waals surface area contributed by atoms with Gasteiger partial charge in [0.25, 0.3) is 0 Å². The molecule has 1 rings (SSSR count). The van der Waals surface area contributed by atoms with E-state index in [0.29, 0.717) is 24.1 Å². The van der Waals surface area contributed by atoms with Gasteiger partial charge in [0.2, 0.25) is 5.91 Å². The molecule has 4 heteroatoms. The van der Waals surface area contributed by atoms with Crippen LogP contribution in [0.1, 0.15) is 13.3 Å². The lowest BCUT2D eigenvalue weighted by molar-refractivity contribution is -0.131. The second kappa shape index (κ2) is 4.63. The van der Waals surface area contributed by atoms with Crippen molar-refractivity contribution in [2.45, 2.75) is 19.4 Å². The Morgan fingerprint density at radius 2 is 2.46 bits per heavy atom. The van der Waals surface area contributed by atoms with Gasteiger partial charge >= 0.3 is 0 Å². The predicted octanol–water partition coefficient (Wildman–Crippen LogP) is 1.28. The van der Waals surface area contributed by atoms with E-state index in [1.165, 1.54) is 0 Å². The van der Waals surface area contributed by atoms with Crippen molar-refractivity contribution in [1.82, 2.24) is 5.32 Å². The number of nitrogens with one attached hydrogen (secondary N) is 1. The highest BCUT2D eigenvalue weighted by Crippen LogP contribution is 2.19. The Balaban J connectivity index is 2.34. The molecule has 74 valence electrons. The van der Waals surface area contributed by atoms with Gasteiger partial charge in [-0.2, -0.15) is 0 Å². The maximum absolute atomic E-state index is 11.4. The summed E-state index contributed by atoms with van der Waals surface area (Å²) in [5.41, 5.74) is 0. The van der Waals surface area contributed by atoms with E-state index in [9.17, 15) is 4.79 Å². The zero-order chi connectivity index (χ0) is 9.84. The Labute approximate surface area is 83.1 Å². The molecule has 0 bridgehead atoms. The topological polar surface area (TPSA) is 38.3 Å². The van der Waals surface area contributed by atoms with Gasteiger partial charge in [0.05, 0.1) is 6.54 Å². The summed E-state index contributed by atoms with van der Waals surface area (Å²) >= 11 is 5.51. The maximum atomic E-state index is 11.4. The predicted molar refractivity (Wildman–Crippen MR) is 51.5 cm³/mol. The van der Waals surface area contributed by atoms with Gasteiger partial charge < -0.3 is 10.1 Å². The molecule has 1 heterocycles. The van der Waals surface area contributed by atoms with E-state index in [4.69, 9.17) is 16.3 Å². The van der Waals surface area contributed by atoms with Crippen molar-refractivity contribution in [2.75, 3.05) is 13.2 Å². The number of hydrogen-bond donors (Lipinski definition) is 1. The van der Waals surface area contributed by atoms with Crippen molar-refractivity contribution in [3.05, 3.63) is 11.6 Å². The van der Waals surface area contributed by atoms with Gasteiger partial charge in [-0.25, -0.2) is 0 Å². The number of hydrogen-bond acceptors (Lipinski definition) is 2. The minimum absolute atomic E-state index is 0.0909. The Morgan fingerprint density at radius 3 is 2.92 bits per heavy atom. The van der Waals surface area contributed by atoms with Crippen LogP contribution in [0.15, 0.2) is 11.6 Å². The van der Waals surface area contributed by atoms with Crippen molar-refractivity contribution in [1.29, 1.82) is 0 Å². The van der Waals surface area contributed by atoms with Crippen LogP contribution in [0.4, 0.5) is 0 Å². The standard InChI is InChI=1S/C9H14ClNO2/c1-6-3-4-13-8(6)9(12)11-5-7(2)10/h6,8H,2-5H2,1H3,(H,11,12). The van der Waals surface area contributed by atoms with Crippen molar-refractivity contribution >= 4 is 17.5 Å². The van der Waals surface area contributed by atoms with Gasteiger partial charge in [0.1, 0.15) is 6.10 Å². The molecule has 1 aliphatic heterocycles. The third-order valence-corrected chi connectivity index (χ3v) is 2.23.